The monoisotopic (exact) mass is 392 g/mol. The number of aromatic nitrogens is 2. The summed E-state index contributed by atoms with van der Waals surface area (Å²) in [7, 11) is 0. The zero-order valence-corrected chi connectivity index (χ0v) is 15.3. The van der Waals surface area contributed by atoms with Crippen LogP contribution in [0.1, 0.15) is 5.56 Å². The van der Waals surface area contributed by atoms with Gasteiger partial charge in [0.25, 0.3) is 0 Å². The van der Waals surface area contributed by atoms with Crippen molar-refractivity contribution < 1.29 is 13.6 Å². The van der Waals surface area contributed by atoms with Gasteiger partial charge >= 0.3 is 0 Å². The Morgan fingerprint density at radius 3 is 2.62 bits per heavy atom. The molecule has 26 heavy (non-hydrogen) atoms. The maximum atomic E-state index is 13.1. The first-order valence-electron chi connectivity index (χ1n) is 7.54. The summed E-state index contributed by atoms with van der Waals surface area (Å²) in [5.74, 6) is -1.83. The highest BCUT2D eigenvalue weighted by Crippen LogP contribution is 2.28. The van der Waals surface area contributed by atoms with Crippen molar-refractivity contribution >= 4 is 45.5 Å². The molecule has 0 unspecified atom stereocenters. The third-order valence-electron chi connectivity index (χ3n) is 3.15. The highest BCUT2D eigenvalue weighted by Gasteiger charge is 2.10. The quantitative estimate of drug-likeness (QED) is 0.600. The van der Waals surface area contributed by atoms with Crippen LogP contribution in [0.4, 0.5) is 25.3 Å². The number of thioether (sulfide) groups is 1. The number of carbonyl (C=O) groups is 1. The molecule has 2 N–H and O–H groups in total. The fourth-order valence-electron chi connectivity index (χ4n) is 2.12. The summed E-state index contributed by atoms with van der Waals surface area (Å²) in [5, 5.41) is 14.3. The minimum atomic E-state index is -0.746. The Morgan fingerprint density at radius 2 is 1.88 bits per heavy atom. The predicted molar refractivity (Wildman–Crippen MR) is 100 cm³/mol. The number of rotatable bonds is 6. The van der Waals surface area contributed by atoms with Gasteiger partial charge in [-0.15, -0.1) is 10.2 Å². The van der Waals surface area contributed by atoms with Crippen molar-refractivity contribution in [3.05, 3.63) is 59.7 Å². The van der Waals surface area contributed by atoms with Crippen molar-refractivity contribution in [2.75, 3.05) is 16.4 Å². The smallest absolute Gasteiger partial charge is 0.234 e. The molecule has 0 atom stereocenters. The number of hydrogen-bond donors (Lipinski definition) is 2. The summed E-state index contributed by atoms with van der Waals surface area (Å²) < 4.78 is 26.8. The van der Waals surface area contributed by atoms with E-state index in [4.69, 9.17) is 0 Å². The molecule has 3 rings (SSSR count). The van der Waals surface area contributed by atoms with Crippen LogP contribution in [0.3, 0.4) is 0 Å². The number of aryl methyl sites for hydroxylation is 1. The van der Waals surface area contributed by atoms with E-state index >= 15 is 0 Å². The molecule has 1 amide bonds. The van der Waals surface area contributed by atoms with Gasteiger partial charge in [-0.3, -0.25) is 4.79 Å². The lowest BCUT2D eigenvalue weighted by Gasteiger charge is -2.04. The van der Waals surface area contributed by atoms with Crippen molar-refractivity contribution in [3.8, 4) is 0 Å². The SMILES string of the molecule is Cc1cccc(Nc2nnc(SCC(=O)Nc3cc(F)cc(F)c3)s2)c1. The number of benzene rings is 2. The van der Waals surface area contributed by atoms with Gasteiger partial charge in [-0.2, -0.15) is 0 Å². The fraction of sp³-hybridized carbons (Fsp3) is 0.118. The standard InChI is InChI=1S/C17H14F2N4OS2/c1-10-3-2-4-13(5-10)21-16-22-23-17(26-16)25-9-15(24)20-14-7-11(18)6-12(19)8-14/h2-8H,9H2,1H3,(H,20,24)(H,21,22). The molecule has 9 heteroatoms. The van der Waals surface area contributed by atoms with Gasteiger partial charge in [0.2, 0.25) is 11.0 Å². The second-order valence-corrected chi connectivity index (χ2v) is 7.56. The van der Waals surface area contributed by atoms with E-state index in [1.165, 1.54) is 23.1 Å². The topological polar surface area (TPSA) is 66.9 Å². The van der Waals surface area contributed by atoms with Crippen LogP contribution in [-0.4, -0.2) is 21.9 Å². The molecular formula is C17H14F2N4OS2. The highest BCUT2D eigenvalue weighted by atomic mass is 32.2. The minimum absolute atomic E-state index is 0.0528. The lowest BCUT2D eigenvalue weighted by molar-refractivity contribution is -0.113. The molecule has 1 aromatic heterocycles. The number of hydrogen-bond acceptors (Lipinski definition) is 6. The second-order valence-electron chi connectivity index (χ2n) is 5.36. The molecule has 0 aliphatic carbocycles. The van der Waals surface area contributed by atoms with Gasteiger partial charge in [0.15, 0.2) is 4.34 Å². The zero-order chi connectivity index (χ0) is 18.5. The first-order chi connectivity index (χ1) is 12.5. The Bertz CT molecular complexity index is 912. The van der Waals surface area contributed by atoms with E-state index in [0.29, 0.717) is 9.47 Å². The van der Waals surface area contributed by atoms with Crippen molar-refractivity contribution in [1.82, 2.24) is 10.2 Å². The largest absolute Gasteiger partial charge is 0.330 e. The second kappa shape index (κ2) is 8.24. The summed E-state index contributed by atoms with van der Waals surface area (Å²) >= 11 is 2.51. The van der Waals surface area contributed by atoms with E-state index in [9.17, 15) is 13.6 Å². The summed E-state index contributed by atoms with van der Waals surface area (Å²) in [4.78, 5) is 11.9. The number of anilines is 3. The Morgan fingerprint density at radius 1 is 1.12 bits per heavy atom. The maximum absolute atomic E-state index is 13.1. The third-order valence-corrected chi connectivity index (χ3v) is 5.12. The lowest BCUT2D eigenvalue weighted by Crippen LogP contribution is -2.14. The Labute approximate surface area is 156 Å². The van der Waals surface area contributed by atoms with E-state index in [1.807, 2.05) is 31.2 Å². The minimum Gasteiger partial charge on any atom is -0.330 e. The van der Waals surface area contributed by atoms with Crippen molar-refractivity contribution in [2.45, 2.75) is 11.3 Å². The van der Waals surface area contributed by atoms with Gasteiger partial charge in [0, 0.05) is 17.4 Å². The van der Waals surface area contributed by atoms with Crippen molar-refractivity contribution in [1.29, 1.82) is 0 Å². The normalized spacial score (nSPS) is 10.6. The molecule has 0 saturated carbocycles. The van der Waals surface area contributed by atoms with Gasteiger partial charge in [-0.25, -0.2) is 8.78 Å². The molecule has 0 aliphatic heterocycles. The molecule has 0 fully saturated rings. The van der Waals surface area contributed by atoms with Gasteiger partial charge in [0.05, 0.1) is 5.75 Å². The van der Waals surface area contributed by atoms with E-state index in [2.05, 4.69) is 20.8 Å². The van der Waals surface area contributed by atoms with E-state index < -0.39 is 11.6 Å². The number of halogens is 2. The van der Waals surface area contributed by atoms with Crippen LogP contribution in [0.5, 0.6) is 0 Å². The number of carbonyl (C=O) groups excluding carboxylic acids is 1. The Hall–Kier alpha value is -2.52. The molecule has 0 radical (unpaired) electrons. The van der Waals surface area contributed by atoms with Crippen LogP contribution in [0.2, 0.25) is 0 Å². The molecule has 0 saturated heterocycles. The molecule has 0 bridgehead atoms. The van der Waals surface area contributed by atoms with Crippen LogP contribution in [0.15, 0.2) is 46.8 Å². The number of nitrogens with one attached hydrogen (secondary N) is 2. The predicted octanol–water partition coefficient (Wildman–Crippen LogP) is 4.60. The molecule has 0 aliphatic rings. The van der Waals surface area contributed by atoms with Gasteiger partial charge in [0.1, 0.15) is 11.6 Å². The molecule has 0 spiro atoms. The van der Waals surface area contributed by atoms with Crippen LogP contribution in [0, 0.1) is 18.6 Å². The van der Waals surface area contributed by atoms with E-state index in [0.717, 1.165) is 29.4 Å². The van der Waals surface area contributed by atoms with Crippen LogP contribution in [0.25, 0.3) is 0 Å². The molecule has 5 nitrogen and oxygen atoms in total. The Balaban J connectivity index is 1.53. The Kier molecular flexibility index (Phi) is 5.79. The lowest BCUT2D eigenvalue weighted by atomic mass is 10.2. The van der Waals surface area contributed by atoms with Gasteiger partial charge in [-0.1, -0.05) is 35.2 Å². The van der Waals surface area contributed by atoms with Crippen molar-refractivity contribution in [3.63, 3.8) is 0 Å². The highest BCUT2D eigenvalue weighted by molar-refractivity contribution is 8.01. The van der Waals surface area contributed by atoms with Crippen LogP contribution < -0.4 is 10.6 Å². The summed E-state index contributed by atoms with van der Waals surface area (Å²) in [5.41, 5.74) is 2.11. The van der Waals surface area contributed by atoms with E-state index in [-0.39, 0.29) is 17.3 Å². The molecule has 1 heterocycles. The van der Waals surface area contributed by atoms with Gasteiger partial charge in [-0.05, 0) is 36.8 Å². The molecule has 134 valence electrons. The zero-order valence-electron chi connectivity index (χ0n) is 13.6. The maximum Gasteiger partial charge on any atom is 0.234 e. The molecule has 3 aromatic rings. The average molecular weight is 392 g/mol. The average Bonchev–Trinajstić information content (AvgIpc) is 2.99. The fourth-order valence-corrected chi connectivity index (χ4v) is 3.69. The molecular weight excluding hydrogens is 378 g/mol. The summed E-state index contributed by atoms with van der Waals surface area (Å²) in [6.07, 6.45) is 0. The van der Waals surface area contributed by atoms with Crippen LogP contribution in [-0.2, 0) is 4.79 Å². The van der Waals surface area contributed by atoms with Crippen LogP contribution >= 0.6 is 23.1 Å². The first-order valence-corrected chi connectivity index (χ1v) is 9.34. The number of amides is 1. The third kappa shape index (κ3) is 5.24. The first kappa shape index (κ1) is 18.3. The molecule has 2 aromatic carbocycles. The van der Waals surface area contributed by atoms with Gasteiger partial charge < -0.3 is 10.6 Å². The van der Waals surface area contributed by atoms with E-state index in [1.54, 1.807) is 0 Å². The summed E-state index contributed by atoms with van der Waals surface area (Å²) in [6, 6.07) is 10.7. The number of nitrogens with zero attached hydrogens (tertiary/aromatic N) is 2. The summed E-state index contributed by atoms with van der Waals surface area (Å²) in [6.45, 7) is 2.00. The van der Waals surface area contributed by atoms with Crippen molar-refractivity contribution in [2.24, 2.45) is 0 Å².